The first-order chi connectivity index (χ1) is 6.22. The van der Waals surface area contributed by atoms with E-state index in [-0.39, 0.29) is 0 Å². The van der Waals surface area contributed by atoms with Crippen molar-refractivity contribution < 1.29 is 0 Å². The fraction of sp³-hybridized carbons (Fsp3) is 0. The van der Waals surface area contributed by atoms with E-state index in [1.54, 1.807) is 12.1 Å². The number of hydrogen-bond acceptors (Lipinski definition) is 4. The van der Waals surface area contributed by atoms with E-state index >= 15 is 0 Å². The van der Waals surface area contributed by atoms with Crippen LogP contribution in [-0.4, -0.2) is 4.98 Å². The third kappa shape index (κ3) is 1.22. The number of anilines is 1. The topological polar surface area (TPSA) is 62.7 Å². The molecule has 13 heavy (non-hydrogen) atoms. The molecule has 0 saturated heterocycles. The number of benzene rings is 1. The van der Waals surface area contributed by atoms with Crippen molar-refractivity contribution in [3.63, 3.8) is 0 Å². The second kappa shape index (κ2) is 2.87. The van der Waals surface area contributed by atoms with Crippen LogP contribution in [0.2, 0.25) is 5.02 Å². The van der Waals surface area contributed by atoms with Gasteiger partial charge in [-0.2, -0.15) is 5.26 Å². The van der Waals surface area contributed by atoms with Crippen molar-refractivity contribution in [2.75, 3.05) is 5.73 Å². The molecule has 0 amide bonds. The summed E-state index contributed by atoms with van der Waals surface area (Å²) in [7, 11) is 0. The summed E-state index contributed by atoms with van der Waals surface area (Å²) in [6, 6.07) is 5.39. The Labute approximate surface area is 83.4 Å². The van der Waals surface area contributed by atoms with Gasteiger partial charge in [0.1, 0.15) is 11.6 Å². The van der Waals surface area contributed by atoms with Gasteiger partial charge in [-0.15, -0.1) is 0 Å². The van der Waals surface area contributed by atoms with Gasteiger partial charge in [0.15, 0.2) is 5.13 Å². The van der Waals surface area contributed by atoms with Crippen LogP contribution < -0.4 is 5.73 Å². The van der Waals surface area contributed by atoms with E-state index in [0.717, 1.165) is 4.70 Å². The van der Waals surface area contributed by atoms with Gasteiger partial charge in [-0.1, -0.05) is 22.9 Å². The maximum Gasteiger partial charge on any atom is 0.181 e. The van der Waals surface area contributed by atoms with Crippen LogP contribution in [0, 0.1) is 11.3 Å². The number of nitriles is 1. The number of fused-ring (bicyclic) bond motifs is 1. The van der Waals surface area contributed by atoms with Gasteiger partial charge in [0.25, 0.3) is 0 Å². The molecule has 1 heterocycles. The van der Waals surface area contributed by atoms with Crippen molar-refractivity contribution in [3.05, 3.63) is 22.7 Å². The van der Waals surface area contributed by atoms with E-state index in [4.69, 9.17) is 22.6 Å². The summed E-state index contributed by atoms with van der Waals surface area (Å²) >= 11 is 7.16. The fourth-order valence-electron chi connectivity index (χ4n) is 1.08. The van der Waals surface area contributed by atoms with Crippen molar-refractivity contribution in [1.82, 2.24) is 4.98 Å². The molecule has 0 fully saturated rings. The van der Waals surface area contributed by atoms with Crippen LogP contribution in [-0.2, 0) is 0 Å². The normalized spacial score (nSPS) is 10.2. The molecule has 0 atom stereocenters. The van der Waals surface area contributed by atoms with Crippen LogP contribution in [0.3, 0.4) is 0 Å². The number of nitrogen functional groups attached to an aromatic ring is 1. The molecule has 3 nitrogen and oxygen atoms in total. The summed E-state index contributed by atoms with van der Waals surface area (Å²) in [5.41, 5.74) is 6.70. The summed E-state index contributed by atoms with van der Waals surface area (Å²) in [6.45, 7) is 0. The third-order valence-electron chi connectivity index (χ3n) is 1.63. The predicted molar refractivity (Wildman–Crippen MR) is 53.8 cm³/mol. The Balaban J connectivity index is 2.94. The van der Waals surface area contributed by atoms with Gasteiger partial charge in [-0.25, -0.2) is 4.98 Å². The summed E-state index contributed by atoms with van der Waals surface area (Å²) in [5.74, 6) is 0. The van der Waals surface area contributed by atoms with E-state index in [2.05, 4.69) is 11.1 Å². The number of thiazole rings is 1. The van der Waals surface area contributed by atoms with Gasteiger partial charge < -0.3 is 5.73 Å². The van der Waals surface area contributed by atoms with Gasteiger partial charge in [0.2, 0.25) is 0 Å². The van der Waals surface area contributed by atoms with Crippen LogP contribution in [0.5, 0.6) is 0 Å². The van der Waals surface area contributed by atoms with Gasteiger partial charge in [-0.3, -0.25) is 0 Å². The SMILES string of the molecule is N#Cc1ccc(Cl)c2nc(N)sc12. The first kappa shape index (κ1) is 8.30. The minimum atomic E-state index is 0.430. The molecule has 0 bridgehead atoms. The summed E-state index contributed by atoms with van der Waals surface area (Å²) in [4.78, 5) is 4.03. The van der Waals surface area contributed by atoms with Crippen LogP contribution in [0.25, 0.3) is 10.2 Å². The molecule has 0 unspecified atom stereocenters. The van der Waals surface area contributed by atoms with Crippen molar-refractivity contribution in [2.45, 2.75) is 0 Å². The number of nitrogens with two attached hydrogens (primary N) is 1. The molecular weight excluding hydrogens is 206 g/mol. The summed E-state index contributed by atoms with van der Waals surface area (Å²) < 4.78 is 0.757. The molecule has 0 aliphatic heterocycles. The highest BCUT2D eigenvalue weighted by Crippen LogP contribution is 2.31. The standard InChI is InChI=1S/C8H4ClN3S/c9-5-2-1-4(3-10)7-6(5)12-8(11)13-7/h1-2H,(H2,11,12). The molecule has 0 spiro atoms. The Bertz CT molecular complexity index is 512. The Morgan fingerprint density at radius 3 is 3.00 bits per heavy atom. The van der Waals surface area contributed by atoms with Crippen molar-refractivity contribution in [2.24, 2.45) is 0 Å². The lowest BCUT2D eigenvalue weighted by Crippen LogP contribution is -1.80. The second-order valence-electron chi connectivity index (χ2n) is 2.44. The highest BCUT2D eigenvalue weighted by Gasteiger charge is 2.09. The summed E-state index contributed by atoms with van der Waals surface area (Å²) in [5, 5.41) is 9.74. The molecule has 2 rings (SSSR count). The molecule has 0 aliphatic rings. The molecule has 2 aromatic rings. The van der Waals surface area contributed by atoms with Crippen molar-refractivity contribution in [3.8, 4) is 6.07 Å². The third-order valence-corrected chi connectivity index (χ3v) is 2.85. The lowest BCUT2D eigenvalue weighted by atomic mass is 10.2. The first-order valence-corrected chi connectivity index (χ1v) is 4.66. The number of aromatic nitrogens is 1. The molecule has 2 N–H and O–H groups in total. The molecule has 1 aromatic carbocycles. The zero-order chi connectivity index (χ0) is 9.42. The van der Waals surface area contributed by atoms with Crippen molar-refractivity contribution in [1.29, 1.82) is 5.26 Å². The zero-order valence-electron chi connectivity index (χ0n) is 6.41. The average Bonchev–Trinajstić information content (AvgIpc) is 2.48. The highest BCUT2D eigenvalue weighted by atomic mass is 35.5. The highest BCUT2D eigenvalue weighted by molar-refractivity contribution is 7.22. The Kier molecular flexibility index (Phi) is 1.83. The maximum atomic E-state index is 8.78. The lowest BCUT2D eigenvalue weighted by Gasteiger charge is -1.92. The van der Waals surface area contributed by atoms with E-state index in [0.29, 0.717) is 21.2 Å². The Morgan fingerprint density at radius 2 is 2.31 bits per heavy atom. The number of rotatable bonds is 0. The van der Waals surface area contributed by atoms with Crippen LogP contribution in [0.1, 0.15) is 5.56 Å². The first-order valence-electron chi connectivity index (χ1n) is 3.47. The predicted octanol–water partition coefficient (Wildman–Crippen LogP) is 2.40. The Hall–Kier alpha value is -1.31. The molecule has 5 heteroatoms. The molecule has 0 radical (unpaired) electrons. The van der Waals surface area contributed by atoms with Gasteiger partial charge >= 0.3 is 0 Å². The van der Waals surface area contributed by atoms with Crippen LogP contribution >= 0.6 is 22.9 Å². The zero-order valence-corrected chi connectivity index (χ0v) is 7.99. The van der Waals surface area contributed by atoms with Crippen LogP contribution in [0.15, 0.2) is 12.1 Å². The smallest absolute Gasteiger partial charge is 0.181 e. The molecular formula is C8H4ClN3S. The van der Waals surface area contributed by atoms with Gasteiger partial charge in [0.05, 0.1) is 15.3 Å². The van der Waals surface area contributed by atoms with E-state index in [1.807, 2.05) is 0 Å². The van der Waals surface area contributed by atoms with E-state index in [1.165, 1.54) is 11.3 Å². The number of nitrogens with zero attached hydrogens (tertiary/aromatic N) is 2. The molecule has 0 aliphatic carbocycles. The van der Waals surface area contributed by atoms with Gasteiger partial charge in [0, 0.05) is 0 Å². The quantitative estimate of drug-likeness (QED) is 0.725. The minimum absolute atomic E-state index is 0.430. The second-order valence-corrected chi connectivity index (χ2v) is 3.87. The summed E-state index contributed by atoms with van der Waals surface area (Å²) in [6.07, 6.45) is 0. The monoisotopic (exact) mass is 209 g/mol. The van der Waals surface area contributed by atoms with E-state index in [9.17, 15) is 0 Å². The largest absolute Gasteiger partial charge is 0.375 e. The van der Waals surface area contributed by atoms with E-state index < -0.39 is 0 Å². The molecule has 64 valence electrons. The van der Waals surface area contributed by atoms with Crippen molar-refractivity contribution >= 4 is 38.3 Å². The lowest BCUT2D eigenvalue weighted by molar-refractivity contribution is 1.48. The fourth-order valence-corrected chi connectivity index (χ4v) is 2.16. The number of halogens is 1. The Morgan fingerprint density at radius 1 is 1.54 bits per heavy atom. The molecule has 0 saturated carbocycles. The minimum Gasteiger partial charge on any atom is -0.375 e. The van der Waals surface area contributed by atoms with Crippen LogP contribution in [0.4, 0.5) is 5.13 Å². The average molecular weight is 210 g/mol. The maximum absolute atomic E-state index is 8.78. The molecule has 1 aromatic heterocycles. The van der Waals surface area contributed by atoms with Gasteiger partial charge in [-0.05, 0) is 12.1 Å². The number of hydrogen-bond donors (Lipinski definition) is 1.